The number of nitrogens with zero attached hydrogens (tertiary/aromatic N) is 3. The van der Waals surface area contributed by atoms with Crippen LogP contribution in [-0.4, -0.2) is 20.9 Å². The lowest BCUT2D eigenvalue weighted by Gasteiger charge is -2.13. The Hall–Kier alpha value is -3.67. The summed E-state index contributed by atoms with van der Waals surface area (Å²) in [7, 11) is 0. The number of aromatic nitrogens is 2. The summed E-state index contributed by atoms with van der Waals surface area (Å²) < 4.78 is 39.2. The molecule has 3 aromatic rings. The van der Waals surface area contributed by atoms with E-state index in [0.717, 1.165) is 28.9 Å². The molecule has 1 heterocycles. The number of benzene rings is 2. The number of aromatic carboxylic acids is 1. The molecule has 0 saturated heterocycles. The minimum absolute atomic E-state index is 0.0574. The Morgan fingerprint density at radius 1 is 1.15 bits per heavy atom. The van der Waals surface area contributed by atoms with Crippen molar-refractivity contribution in [3.63, 3.8) is 0 Å². The smallest absolute Gasteiger partial charge is 0.416 e. The third kappa shape index (κ3) is 2.77. The van der Waals surface area contributed by atoms with Gasteiger partial charge in [-0.25, -0.2) is 9.48 Å². The molecule has 1 N–H and O–H groups in total. The van der Waals surface area contributed by atoms with Crippen LogP contribution < -0.4 is 5.43 Å². The molecule has 0 fully saturated rings. The van der Waals surface area contributed by atoms with Gasteiger partial charge < -0.3 is 5.11 Å². The zero-order chi connectivity index (χ0) is 19.1. The summed E-state index contributed by atoms with van der Waals surface area (Å²) in [6.07, 6.45) is -4.53. The minimum atomic E-state index is -4.53. The molecule has 0 aliphatic heterocycles. The largest absolute Gasteiger partial charge is 0.476 e. The second kappa shape index (κ2) is 6.00. The Bertz CT molecular complexity index is 1130. The molecule has 26 heavy (non-hydrogen) atoms. The van der Waals surface area contributed by atoms with Crippen LogP contribution in [0.25, 0.3) is 16.6 Å². The number of carboxylic acids is 1. The van der Waals surface area contributed by atoms with Crippen LogP contribution in [0.5, 0.6) is 0 Å². The first kappa shape index (κ1) is 17.2. The van der Waals surface area contributed by atoms with E-state index in [1.807, 2.05) is 0 Å². The number of alkyl halides is 3. The van der Waals surface area contributed by atoms with E-state index in [4.69, 9.17) is 0 Å². The monoisotopic (exact) mass is 359 g/mol. The van der Waals surface area contributed by atoms with Gasteiger partial charge in [0.15, 0.2) is 0 Å². The lowest BCUT2D eigenvalue weighted by atomic mass is 10.1. The zero-order valence-corrected chi connectivity index (χ0v) is 12.8. The van der Waals surface area contributed by atoms with E-state index in [2.05, 4.69) is 5.10 Å². The van der Waals surface area contributed by atoms with Crippen LogP contribution in [0.3, 0.4) is 0 Å². The molecule has 0 radical (unpaired) electrons. The number of hydrogen-bond acceptors (Lipinski definition) is 4. The van der Waals surface area contributed by atoms with Crippen LogP contribution in [0, 0.1) is 11.3 Å². The Balaban J connectivity index is 2.36. The fourth-order valence-electron chi connectivity index (χ4n) is 2.49. The van der Waals surface area contributed by atoms with Crippen molar-refractivity contribution in [3.05, 3.63) is 69.5 Å². The maximum absolute atomic E-state index is 12.7. The lowest BCUT2D eigenvalue weighted by molar-refractivity contribution is -0.137. The van der Waals surface area contributed by atoms with E-state index in [9.17, 15) is 33.1 Å². The van der Waals surface area contributed by atoms with Crippen molar-refractivity contribution in [2.24, 2.45) is 0 Å². The Morgan fingerprint density at radius 3 is 2.35 bits per heavy atom. The van der Waals surface area contributed by atoms with Crippen LogP contribution >= 0.6 is 0 Å². The first-order valence-corrected chi connectivity index (χ1v) is 7.11. The van der Waals surface area contributed by atoms with Gasteiger partial charge in [-0.2, -0.15) is 23.5 Å². The SMILES string of the molecule is N#Cc1cccc2c1c(=O)c(C(=O)O)nn2-c1ccc(C(F)(F)F)cc1. The molecule has 0 unspecified atom stereocenters. The number of carbonyl (C=O) groups is 1. The average Bonchev–Trinajstić information content (AvgIpc) is 2.60. The first-order valence-electron chi connectivity index (χ1n) is 7.11. The fraction of sp³-hybridized carbons (Fsp3) is 0.0588. The summed E-state index contributed by atoms with van der Waals surface area (Å²) in [5, 5.41) is 22.0. The van der Waals surface area contributed by atoms with E-state index in [-0.39, 0.29) is 22.2 Å². The van der Waals surface area contributed by atoms with E-state index in [0.29, 0.717) is 0 Å². The summed E-state index contributed by atoms with van der Waals surface area (Å²) >= 11 is 0. The molecule has 0 aliphatic carbocycles. The predicted octanol–water partition coefficient (Wildman–Crippen LogP) is 2.97. The highest BCUT2D eigenvalue weighted by Crippen LogP contribution is 2.30. The van der Waals surface area contributed by atoms with Gasteiger partial charge in [0.05, 0.1) is 33.8 Å². The van der Waals surface area contributed by atoms with Crippen LogP contribution in [0.15, 0.2) is 47.3 Å². The third-order valence-corrected chi connectivity index (χ3v) is 3.68. The van der Waals surface area contributed by atoms with Gasteiger partial charge in [0.2, 0.25) is 11.1 Å². The van der Waals surface area contributed by atoms with E-state index < -0.39 is 28.8 Å². The van der Waals surface area contributed by atoms with Crippen LogP contribution in [0.2, 0.25) is 0 Å². The summed E-state index contributed by atoms with van der Waals surface area (Å²) in [5.74, 6) is -1.61. The van der Waals surface area contributed by atoms with Gasteiger partial charge in [0, 0.05) is 0 Å². The molecule has 0 atom stereocenters. The molecule has 0 saturated carbocycles. The second-order valence-electron chi connectivity index (χ2n) is 5.25. The first-order chi connectivity index (χ1) is 12.2. The summed E-state index contributed by atoms with van der Waals surface area (Å²) in [6.45, 7) is 0. The van der Waals surface area contributed by atoms with Crippen molar-refractivity contribution in [3.8, 4) is 11.8 Å². The highest BCUT2D eigenvalue weighted by atomic mass is 19.4. The lowest BCUT2D eigenvalue weighted by Crippen LogP contribution is -2.23. The topological polar surface area (TPSA) is 96.0 Å². The molecule has 9 heteroatoms. The molecule has 2 aromatic carbocycles. The number of nitriles is 1. The van der Waals surface area contributed by atoms with Gasteiger partial charge in [0.1, 0.15) is 0 Å². The summed E-state index contributed by atoms with van der Waals surface area (Å²) in [4.78, 5) is 23.7. The maximum Gasteiger partial charge on any atom is 0.416 e. The molecule has 6 nitrogen and oxygen atoms in total. The van der Waals surface area contributed by atoms with E-state index in [1.165, 1.54) is 18.2 Å². The number of rotatable bonds is 2. The molecular formula is C17H8F3N3O3. The van der Waals surface area contributed by atoms with Gasteiger partial charge in [-0.1, -0.05) is 6.07 Å². The molecule has 1 aromatic heterocycles. The van der Waals surface area contributed by atoms with Gasteiger partial charge in [-0.15, -0.1) is 0 Å². The van der Waals surface area contributed by atoms with E-state index >= 15 is 0 Å². The van der Waals surface area contributed by atoms with Crippen molar-refractivity contribution in [2.75, 3.05) is 0 Å². The normalized spacial score (nSPS) is 11.3. The maximum atomic E-state index is 12.7. The van der Waals surface area contributed by atoms with Crippen molar-refractivity contribution in [1.82, 2.24) is 9.78 Å². The Kier molecular flexibility index (Phi) is 3.96. The number of carboxylic acid groups (broad SMARTS) is 1. The van der Waals surface area contributed by atoms with Gasteiger partial charge in [-0.05, 0) is 36.4 Å². The minimum Gasteiger partial charge on any atom is -0.476 e. The van der Waals surface area contributed by atoms with Crippen molar-refractivity contribution in [2.45, 2.75) is 6.18 Å². The standard InChI is InChI=1S/C17H8F3N3O3/c18-17(19,20)10-4-6-11(7-5-10)23-12-3-1-2-9(8-21)13(12)15(24)14(22-23)16(25)26/h1-7H,(H,25,26). The number of halogens is 3. The molecular weight excluding hydrogens is 351 g/mol. The quantitative estimate of drug-likeness (QED) is 0.759. The molecule has 3 rings (SSSR count). The van der Waals surface area contributed by atoms with Crippen molar-refractivity contribution in [1.29, 1.82) is 5.26 Å². The number of hydrogen-bond donors (Lipinski definition) is 1. The number of fused-ring (bicyclic) bond motifs is 1. The fourth-order valence-corrected chi connectivity index (χ4v) is 2.49. The molecule has 130 valence electrons. The Labute approximate surface area is 143 Å². The van der Waals surface area contributed by atoms with E-state index in [1.54, 1.807) is 6.07 Å². The molecule has 0 amide bonds. The molecule has 0 bridgehead atoms. The summed E-state index contributed by atoms with van der Waals surface area (Å²) in [6, 6.07) is 9.86. The summed E-state index contributed by atoms with van der Waals surface area (Å²) in [5.41, 5.74) is -2.49. The van der Waals surface area contributed by atoms with Crippen molar-refractivity contribution < 1.29 is 23.1 Å². The van der Waals surface area contributed by atoms with Gasteiger partial charge >= 0.3 is 12.1 Å². The average molecular weight is 359 g/mol. The highest BCUT2D eigenvalue weighted by molar-refractivity contribution is 5.93. The van der Waals surface area contributed by atoms with Gasteiger partial charge in [0.25, 0.3) is 0 Å². The second-order valence-corrected chi connectivity index (χ2v) is 5.25. The van der Waals surface area contributed by atoms with Crippen molar-refractivity contribution >= 4 is 16.9 Å². The highest BCUT2D eigenvalue weighted by Gasteiger charge is 2.30. The molecule has 0 spiro atoms. The molecule has 0 aliphatic rings. The third-order valence-electron chi connectivity index (χ3n) is 3.68. The van der Waals surface area contributed by atoms with Crippen LogP contribution in [0.4, 0.5) is 13.2 Å². The van der Waals surface area contributed by atoms with Crippen LogP contribution in [0.1, 0.15) is 21.6 Å². The van der Waals surface area contributed by atoms with Gasteiger partial charge in [-0.3, -0.25) is 4.79 Å². The van der Waals surface area contributed by atoms with Crippen LogP contribution in [-0.2, 0) is 6.18 Å². The zero-order valence-electron chi connectivity index (χ0n) is 12.8. The Morgan fingerprint density at radius 2 is 1.81 bits per heavy atom. The predicted molar refractivity (Wildman–Crippen MR) is 84.0 cm³/mol.